The van der Waals surface area contributed by atoms with Gasteiger partial charge in [0.2, 0.25) is 5.72 Å². The third-order valence-electron chi connectivity index (χ3n) is 6.69. The van der Waals surface area contributed by atoms with Crippen molar-refractivity contribution < 1.29 is 24.5 Å². The molecule has 10 heteroatoms. The van der Waals surface area contributed by atoms with Crippen molar-refractivity contribution in [3.63, 3.8) is 0 Å². The molecule has 35 heavy (non-hydrogen) atoms. The molecule has 1 aromatic rings. The molecule has 2 heterocycles. The van der Waals surface area contributed by atoms with E-state index in [0.717, 1.165) is 55.9 Å². The highest BCUT2D eigenvalue weighted by atomic mass is 127. The molecule has 3 N–H and O–H groups in total. The van der Waals surface area contributed by atoms with Gasteiger partial charge in [-0.15, -0.1) is 0 Å². The summed E-state index contributed by atoms with van der Waals surface area (Å²) in [4.78, 5) is 54.3. The van der Waals surface area contributed by atoms with Gasteiger partial charge in [0.15, 0.2) is 5.78 Å². The molecule has 0 aromatic carbocycles. The molecular weight excluding hydrogens is 567 g/mol. The zero-order valence-corrected chi connectivity index (χ0v) is 22.9. The molecule has 0 spiro atoms. The van der Waals surface area contributed by atoms with Gasteiger partial charge in [0, 0.05) is 19.0 Å². The lowest BCUT2D eigenvalue weighted by Crippen LogP contribution is -2.56. The van der Waals surface area contributed by atoms with Crippen molar-refractivity contribution in [3.05, 3.63) is 30.6 Å². The Labute approximate surface area is 219 Å². The summed E-state index contributed by atoms with van der Waals surface area (Å²) in [5, 5.41) is 20.9. The fraction of sp³-hybridized carbons (Fsp3) is 0.760. The van der Waals surface area contributed by atoms with Crippen LogP contribution in [0.25, 0.3) is 0 Å². The van der Waals surface area contributed by atoms with Crippen molar-refractivity contribution >= 4 is 34.2 Å². The van der Waals surface area contributed by atoms with Gasteiger partial charge in [-0.3, -0.25) is 23.9 Å². The van der Waals surface area contributed by atoms with E-state index in [4.69, 9.17) is 4.74 Å². The normalized spacial score (nSPS) is 24.1. The molecule has 198 valence electrons. The first-order chi connectivity index (χ1) is 16.7. The van der Waals surface area contributed by atoms with Crippen LogP contribution in [0.2, 0.25) is 0 Å². The minimum atomic E-state index is -2.13. The second-order valence-corrected chi connectivity index (χ2v) is 10.5. The fourth-order valence-corrected chi connectivity index (χ4v) is 5.19. The maximum atomic E-state index is 13.8. The van der Waals surface area contributed by atoms with Gasteiger partial charge in [-0.1, -0.05) is 65.2 Å². The van der Waals surface area contributed by atoms with E-state index in [0.29, 0.717) is 12.8 Å². The zero-order chi connectivity index (χ0) is 26.0. The van der Waals surface area contributed by atoms with E-state index in [2.05, 4.69) is 18.8 Å². The number of aliphatic hydroxyl groups excluding tert-OH is 2. The van der Waals surface area contributed by atoms with Crippen LogP contribution in [0.4, 0.5) is 0 Å². The van der Waals surface area contributed by atoms with Crippen molar-refractivity contribution in [1.82, 2.24) is 9.55 Å². The fourth-order valence-electron chi connectivity index (χ4n) is 4.77. The topological polar surface area (TPSA) is 139 Å². The van der Waals surface area contributed by atoms with Gasteiger partial charge < -0.3 is 14.9 Å². The van der Waals surface area contributed by atoms with Crippen LogP contribution in [0.1, 0.15) is 90.9 Å². The van der Waals surface area contributed by atoms with Crippen LogP contribution in [0.15, 0.2) is 15.8 Å². The Kier molecular flexibility index (Phi) is 12.3. The summed E-state index contributed by atoms with van der Waals surface area (Å²) in [6.45, 7) is 3.56. The summed E-state index contributed by atoms with van der Waals surface area (Å²) in [5.41, 5.74) is -3.65. The number of Topliss-reactive ketones (excluding diaryl/α,β-unsaturated/α-hetero) is 2. The molecule has 0 saturated carbocycles. The average Bonchev–Trinajstić information content (AvgIpc) is 3.13. The first-order valence-corrected chi connectivity index (χ1v) is 13.9. The Bertz CT molecular complexity index is 960. The number of ketones is 2. The van der Waals surface area contributed by atoms with E-state index in [1.54, 1.807) is 22.6 Å². The van der Waals surface area contributed by atoms with Gasteiger partial charge in [-0.05, 0) is 35.4 Å². The minimum Gasteiger partial charge on any atom is -0.394 e. The molecule has 9 nitrogen and oxygen atoms in total. The average molecular weight is 606 g/mol. The molecule has 1 aromatic heterocycles. The van der Waals surface area contributed by atoms with Crippen molar-refractivity contribution in [2.24, 2.45) is 5.92 Å². The monoisotopic (exact) mass is 606 g/mol. The van der Waals surface area contributed by atoms with Gasteiger partial charge in [0.1, 0.15) is 17.8 Å². The van der Waals surface area contributed by atoms with Crippen LogP contribution >= 0.6 is 22.6 Å². The van der Waals surface area contributed by atoms with Crippen molar-refractivity contribution in [3.8, 4) is 0 Å². The number of carbonyl (C=O) groups is 2. The van der Waals surface area contributed by atoms with Crippen molar-refractivity contribution in [2.45, 2.75) is 109 Å². The van der Waals surface area contributed by atoms with E-state index in [1.807, 2.05) is 0 Å². The number of hydrogen-bond acceptors (Lipinski definition) is 7. The van der Waals surface area contributed by atoms with Gasteiger partial charge in [-0.25, -0.2) is 4.79 Å². The highest BCUT2D eigenvalue weighted by molar-refractivity contribution is 14.1. The molecule has 0 radical (unpaired) electrons. The predicted molar refractivity (Wildman–Crippen MR) is 140 cm³/mol. The Morgan fingerprint density at radius 1 is 1.03 bits per heavy atom. The van der Waals surface area contributed by atoms with Gasteiger partial charge in [-0.2, -0.15) is 0 Å². The van der Waals surface area contributed by atoms with E-state index in [1.165, 1.54) is 6.20 Å². The van der Waals surface area contributed by atoms with Crippen LogP contribution in [0.3, 0.4) is 0 Å². The summed E-state index contributed by atoms with van der Waals surface area (Å²) >= 11 is 1.74. The number of nitrogens with zero attached hydrogens (tertiary/aromatic N) is 1. The Balaban J connectivity index is 2.48. The Morgan fingerprint density at radius 3 is 2.17 bits per heavy atom. The molecule has 0 amide bonds. The predicted octanol–water partition coefficient (Wildman–Crippen LogP) is 3.02. The standard InChI is InChI=1S/C25H39IN2O7/c1-3-5-7-9-11-13-18(30)21-22(32)19(16-29)35-25(21,20(31)14-12-10-8-6-4-2)28-15-17(26)23(33)27-24(28)34/h15,19,21-22,29,32H,3-14,16H2,1-2H3,(H,27,33,34)/t19-,21-,22-,25-/m1/s1. The SMILES string of the molecule is CCCCCCCC(=O)[C@@H]1[C@H](O)[C@@H](CO)O[C@@]1(C(=O)CCCCCCC)n1cc(I)c(=O)[nH]c1=O. The van der Waals surface area contributed by atoms with Gasteiger partial charge in [0.25, 0.3) is 5.56 Å². The van der Waals surface area contributed by atoms with Crippen LogP contribution in [-0.2, 0) is 20.1 Å². The number of aliphatic hydroxyl groups is 2. The number of H-pyrrole nitrogens is 1. The molecule has 1 aliphatic rings. The van der Waals surface area contributed by atoms with Crippen LogP contribution in [0, 0.1) is 9.49 Å². The molecule has 4 atom stereocenters. The molecule has 1 fully saturated rings. The summed E-state index contributed by atoms with van der Waals surface area (Å²) < 4.78 is 7.04. The smallest absolute Gasteiger partial charge is 0.331 e. The van der Waals surface area contributed by atoms with Gasteiger partial charge >= 0.3 is 5.69 Å². The summed E-state index contributed by atoms with van der Waals surface area (Å²) in [7, 11) is 0. The maximum absolute atomic E-state index is 13.8. The summed E-state index contributed by atoms with van der Waals surface area (Å²) in [5.74, 6) is -2.27. The number of nitrogens with one attached hydrogen (secondary N) is 1. The number of aromatic nitrogens is 2. The molecular formula is C25H39IN2O7. The van der Waals surface area contributed by atoms with E-state index in [9.17, 15) is 29.4 Å². The van der Waals surface area contributed by atoms with E-state index in [-0.39, 0.29) is 16.4 Å². The molecule has 1 aliphatic heterocycles. The molecule has 0 aliphatic carbocycles. The summed E-state index contributed by atoms with van der Waals surface area (Å²) in [6.07, 6.45) is 7.57. The summed E-state index contributed by atoms with van der Waals surface area (Å²) in [6, 6.07) is 0. The third-order valence-corrected chi connectivity index (χ3v) is 7.46. The first kappa shape index (κ1) is 29.9. The van der Waals surface area contributed by atoms with Crippen LogP contribution in [-0.4, -0.2) is 50.1 Å². The second kappa shape index (κ2) is 14.4. The van der Waals surface area contributed by atoms with Crippen LogP contribution < -0.4 is 11.2 Å². The lowest BCUT2D eigenvalue weighted by molar-refractivity contribution is -0.172. The lowest BCUT2D eigenvalue weighted by atomic mass is 9.81. The van der Waals surface area contributed by atoms with Crippen LogP contribution in [0.5, 0.6) is 0 Å². The largest absolute Gasteiger partial charge is 0.394 e. The Hall–Kier alpha value is -1.37. The second-order valence-electron chi connectivity index (χ2n) is 9.33. The van der Waals surface area contributed by atoms with Crippen molar-refractivity contribution in [1.29, 1.82) is 0 Å². The number of aromatic amines is 1. The number of ether oxygens (including phenoxy) is 1. The minimum absolute atomic E-state index is 0.0387. The molecule has 0 unspecified atom stereocenters. The highest BCUT2D eigenvalue weighted by Gasteiger charge is 2.62. The quantitative estimate of drug-likeness (QED) is 0.194. The van der Waals surface area contributed by atoms with Gasteiger partial charge in [0.05, 0.1) is 16.3 Å². The maximum Gasteiger partial charge on any atom is 0.331 e. The first-order valence-electron chi connectivity index (χ1n) is 12.8. The molecule has 2 rings (SSSR count). The Morgan fingerprint density at radius 2 is 1.60 bits per heavy atom. The number of hydrogen-bond donors (Lipinski definition) is 3. The zero-order valence-electron chi connectivity index (χ0n) is 20.8. The van der Waals surface area contributed by atoms with E-state index < -0.39 is 53.3 Å². The number of carbonyl (C=O) groups excluding carboxylic acids is 2. The van der Waals surface area contributed by atoms with E-state index >= 15 is 0 Å². The number of halogens is 1. The lowest BCUT2D eigenvalue weighted by Gasteiger charge is -2.34. The highest BCUT2D eigenvalue weighted by Crippen LogP contribution is 2.43. The molecule has 0 bridgehead atoms. The number of rotatable bonds is 16. The van der Waals surface area contributed by atoms with Crippen molar-refractivity contribution in [2.75, 3.05) is 6.61 Å². The third kappa shape index (κ3) is 7.11. The number of unbranched alkanes of at least 4 members (excludes halogenated alkanes) is 8. The molecule has 1 saturated heterocycles.